The molecule has 2 rings (SSSR count). The van der Waals surface area contributed by atoms with Gasteiger partial charge in [0, 0.05) is 0 Å². The molecule has 0 fully saturated rings. The molecule has 34 heavy (non-hydrogen) atoms. The van der Waals surface area contributed by atoms with Gasteiger partial charge in [-0.2, -0.15) is 0 Å². The normalized spacial score (nSPS) is 10.8. The van der Waals surface area contributed by atoms with Crippen molar-refractivity contribution < 1.29 is 4.74 Å². The van der Waals surface area contributed by atoms with Crippen LogP contribution in [0.25, 0.3) is 0 Å². The standard InChI is InChI=1S/C32H50O.Na.H/c1-3-5-7-9-11-13-15-17-23-29-25-19-21-27-31(29)33-32-28-22-20-26-30(32)24-18-16-14-12-10-8-6-4-2;;/h19-22,25-28H,3-18,23-24H2,1-2H3;;. The number of unbranched alkanes of at least 4 members (excludes halogenated alkanes) is 14. The molecule has 2 aromatic rings. The van der Waals surface area contributed by atoms with Crippen molar-refractivity contribution >= 4 is 29.6 Å². The summed E-state index contributed by atoms with van der Waals surface area (Å²) >= 11 is 0. The van der Waals surface area contributed by atoms with Gasteiger partial charge >= 0.3 is 29.6 Å². The van der Waals surface area contributed by atoms with E-state index in [2.05, 4.69) is 62.4 Å². The first-order chi connectivity index (χ1) is 16.3. The fourth-order valence-electron chi connectivity index (χ4n) is 4.64. The number of para-hydroxylation sites is 2. The predicted octanol–water partition coefficient (Wildman–Crippen LogP) is 10.2. The molecule has 0 radical (unpaired) electrons. The molecule has 0 amide bonds. The topological polar surface area (TPSA) is 9.23 Å². The number of hydrogen-bond donors (Lipinski definition) is 0. The molecule has 0 aromatic heterocycles. The molecule has 2 aromatic carbocycles. The van der Waals surface area contributed by atoms with Gasteiger partial charge in [-0.1, -0.05) is 140 Å². The molecule has 2 heteroatoms. The van der Waals surface area contributed by atoms with Gasteiger partial charge in [-0.15, -0.1) is 0 Å². The van der Waals surface area contributed by atoms with Crippen LogP contribution in [-0.2, 0) is 12.8 Å². The second kappa shape index (κ2) is 21.5. The van der Waals surface area contributed by atoms with Crippen LogP contribution in [0.2, 0.25) is 0 Å². The van der Waals surface area contributed by atoms with E-state index in [-0.39, 0.29) is 29.6 Å². The van der Waals surface area contributed by atoms with Crippen molar-refractivity contribution in [1.29, 1.82) is 0 Å². The summed E-state index contributed by atoms with van der Waals surface area (Å²) in [5, 5.41) is 0. The van der Waals surface area contributed by atoms with Gasteiger partial charge in [-0.25, -0.2) is 0 Å². The number of hydrogen-bond acceptors (Lipinski definition) is 1. The maximum absolute atomic E-state index is 6.49. The van der Waals surface area contributed by atoms with Gasteiger partial charge in [0.05, 0.1) is 0 Å². The first kappa shape index (κ1) is 31.3. The SMILES string of the molecule is CCCCCCCCCCc1ccccc1Oc1ccccc1CCCCCCCCCC.[NaH]. The van der Waals surface area contributed by atoms with Gasteiger partial charge in [0.15, 0.2) is 0 Å². The summed E-state index contributed by atoms with van der Waals surface area (Å²) in [7, 11) is 0. The Bertz CT molecular complexity index is 665. The molecule has 0 aliphatic rings. The summed E-state index contributed by atoms with van der Waals surface area (Å²) in [6, 6.07) is 17.3. The van der Waals surface area contributed by atoms with E-state index in [1.54, 1.807) is 0 Å². The molecule has 0 atom stereocenters. The molecule has 0 bridgehead atoms. The molecule has 0 saturated heterocycles. The van der Waals surface area contributed by atoms with E-state index in [1.807, 2.05) is 0 Å². The fraction of sp³-hybridized carbons (Fsp3) is 0.625. The summed E-state index contributed by atoms with van der Waals surface area (Å²) in [6.07, 6.45) is 24.0. The van der Waals surface area contributed by atoms with Crippen molar-refractivity contribution in [2.45, 2.75) is 129 Å². The van der Waals surface area contributed by atoms with Gasteiger partial charge < -0.3 is 4.74 Å². The van der Waals surface area contributed by atoms with Crippen molar-refractivity contribution in [3.05, 3.63) is 59.7 Å². The Morgan fingerprint density at radius 1 is 0.441 bits per heavy atom. The van der Waals surface area contributed by atoms with Crippen LogP contribution in [0.4, 0.5) is 0 Å². The average molecular weight is 475 g/mol. The van der Waals surface area contributed by atoms with E-state index >= 15 is 0 Å². The zero-order valence-electron chi connectivity index (χ0n) is 21.8. The molecule has 186 valence electrons. The van der Waals surface area contributed by atoms with Gasteiger partial charge in [0.2, 0.25) is 0 Å². The first-order valence-electron chi connectivity index (χ1n) is 14.2. The molecule has 0 N–H and O–H groups in total. The van der Waals surface area contributed by atoms with Crippen LogP contribution in [0.1, 0.15) is 128 Å². The zero-order valence-corrected chi connectivity index (χ0v) is 21.8. The summed E-state index contributed by atoms with van der Waals surface area (Å²) < 4.78 is 6.49. The number of rotatable bonds is 20. The number of aryl methyl sites for hydroxylation is 2. The van der Waals surface area contributed by atoms with Crippen LogP contribution in [-0.4, -0.2) is 29.6 Å². The van der Waals surface area contributed by atoms with Crippen LogP contribution in [0, 0.1) is 0 Å². The zero-order chi connectivity index (χ0) is 23.4. The molecule has 0 heterocycles. The van der Waals surface area contributed by atoms with E-state index in [4.69, 9.17) is 4.74 Å². The van der Waals surface area contributed by atoms with E-state index in [1.165, 1.54) is 114 Å². The van der Waals surface area contributed by atoms with Crippen molar-refractivity contribution in [2.75, 3.05) is 0 Å². The maximum atomic E-state index is 6.49. The van der Waals surface area contributed by atoms with Crippen LogP contribution < -0.4 is 4.74 Å². The van der Waals surface area contributed by atoms with Crippen LogP contribution in [0.15, 0.2) is 48.5 Å². The average Bonchev–Trinajstić information content (AvgIpc) is 2.84. The number of benzene rings is 2. The Labute approximate surface area is 233 Å². The van der Waals surface area contributed by atoms with Gasteiger partial charge in [-0.05, 0) is 48.9 Å². The molecule has 0 aliphatic heterocycles. The van der Waals surface area contributed by atoms with E-state index in [0.717, 1.165) is 24.3 Å². The quantitative estimate of drug-likeness (QED) is 0.137. The number of ether oxygens (including phenoxy) is 1. The van der Waals surface area contributed by atoms with Crippen molar-refractivity contribution in [1.82, 2.24) is 0 Å². The molecule has 1 nitrogen and oxygen atoms in total. The Morgan fingerprint density at radius 2 is 0.765 bits per heavy atom. The molecule has 0 saturated carbocycles. The summed E-state index contributed by atoms with van der Waals surface area (Å²) in [4.78, 5) is 0. The van der Waals surface area contributed by atoms with E-state index in [9.17, 15) is 0 Å². The first-order valence-corrected chi connectivity index (χ1v) is 14.2. The summed E-state index contributed by atoms with van der Waals surface area (Å²) in [5.74, 6) is 2.09. The van der Waals surface area contributed by atoms with Gasteiger partial charge in [-0.3, -0.25) is 0 Å². The second-order valence-corrected chi connectivity index (χ2v) is 9.77. The van der Waals surface area contributed by atoms with Crippen LogP contribution in [0.5, 0.6) is 11.5 Å². The molecule has 0 aliphatic carbocycles. The third-order valence-electron chi connectivity index (χ3n) is 6.76. The molecular formula is C32H51NaO. The molecule has 0 unspecified atom stereocenters. The van der Waals surface area contributed by atoms with Crippen LogP contribution in [0.3, 0.4) is 0 Å². The predicted molar refractivity (Wildman–Crippen MR) is 153 cm³/mol. The summed E-state index contributed by atoms with van der Waals surface area (Å²) in [6.45, 7) is 4.57. The third kappa shape index (κ3) is 14.0. The Balaban J connectivity index is 0.00000578. The fourth-order valence-corrected chi connectivity index (χ4v) is 4.64. The molecule has 0 spiro atoms. The van der Waals surface area contributed by atoms with E-state index < -0.39 is 0 Å². The Kier molecular flexibility index (Phi) is 19.8. The van der Waals surface area contributed by atoms with Gasteiger partial charge in [0.25, 0.3) is 0 Å². The minimum atomic E-state index is 0. The summed E-state index contributed by atoms with van der Waals surface area (Å²) in [5.41, 5.74) is 2.70. The Morgan fingerprint density at radius 3 is 1.15 bits per heavy atom. The second-order valence-electron chi connectivity index (χ2n) is 9.77. The Hall–Kier alpha value is -0.760. The van der Waals surface area contributed by atoms with Crippen molar-refractivity contribution in [2.24, 2.45) is 0 Å². The monoisotopic (exact) mass is 474 g/mol. The molecular weight excluding hydrogens is 423 g/mol. The van der Waals surface area contributed by atoms with Crippen molar-refractivity contribution in [3.63, 3.8) is 0 Å². The van der Waals surface area contributed by atoms with Crippen LogP contribution >= 0.6 is 0 Å². The van der Waals surface area contributed by atoms with Gasteiger partial charge in [0.1, 0.15) is 11.5 Å². The minimum absolute atomic E-state index is 0. The third-order valence-corrected chi connectivity index (χ3v) is 6.76. The van der Waals surface area contributed by atoms with Crippen molar-refractivity contribution in [3.8, 4) is 11.5 Å². The van der Waals surface area contributed by atoms with E-state index in [0.29, 0.717) is 0 Å².